The number of hydrogen-bond donors (Lipinski definition) is 2. The molecule has 16 heavy (non-hydrogen) atoms. The molecule has 3 heteroatoms. The summed E-state index contributed by atoms with van der Waals surface area (Å²) in [5, 5.41) is 2.91. The van der Waals surface area contributed by atoms with Gasteiger partial charge in [-0.2, -0.15) is 0 Å². The Kier molecular flexibility index (Phi) is 3.98. The maximum Gasteiger partial charge on any atom is 0.228 e. The van der Waals surface area contributed by atoms with Gasteiger partial charge in [-0.25, -0.2) is 0 Å². The van der Waals surface area contributed by atoms with E-state index in [4.69, 9.17) is 12.2 Å². The van der Waals surface area contributed by atoms with Gasteiger partial charge in [0, 0.05) is 6.54 Å². The lowest BCUT2D eigenvalue weighted by Crippen LogP contribution is -2.53. The predicted octanol–water partition coefficient (Wildman–Crippen LogP) is 1.42. The van der Waals surface area contributed by atoms with E-state index < -0.39 is 5.54 Å². The van der Waals surface area contributed by atoms with E-state index in [1.54, 1.807) is 0 Å². The second-order valence-electron chi connectivity index (χ2n) is 5.27. The van der Waals surface area contributed by atoms with Crippen LogP contribution in [0.1, 0.15) is 46.0 Å². The minimum Gasteiger partial charge on any atom is -0.340 e. The molecule has 1 saturated carbocycles. The van der Waals surface area contributed by atoms with Crippen molar-refractivity contribution in [2.45, 2.75) is 51.5 Å². The Bertz CT molecular complexity index is 296. The highest BCUT2D eigenvalue weighted by molar-refractivity contribution is 5.84. The van der Waals surface area contributed by atoms with Gasteiger partial charge in [0.1, 0.15) is 0 Å². The Morgan fingerprint density at radius 2 is 2.00 bits per heavy atom. The lowest BCUT2D eigenvalue weighted by molar-refractivity contribution is -0.133. The van der Waals surface area contributed by atoms with Gasteiger partial charge in [-0.15, -0.1) is 6.42 Å². The molecule has 0 aromatic heterocycles. The second kappa shape index (κ2) is 4.88. The van der Waals surface area contributed by atoms with Gasteiger partial charge in [0.15, 0.2) is 0 Å². The molecule has 0 unspecified atom stereocenters. The van der Waals surface area contributed by atoms with Crippen LogP contribution in [0.25, 0.3) is 0 Å². The molecule has 0 aromatic rings. The van der Waals surface area contributed by atoms with Gasteiger partial charge in [0.2, 0.25) is 5.91 Å². The molecule has 0 aromatic carbocycles. The zero-order valence-electron chi connectivity index (χ0n) is 10.3. The summed E-state index contributed by atoms with van der Waals surface area (Å²) < 4.78 is 0. The van der Waals surface area contributed by atoms with Crippen molar-refractivity contribution in [3.05, 3.63) is 0 Å². The topological polar surface area (TPSA) is 55.1 Å². The van der Waals surface area contributed by atoms with Crippen LogP contribution in [0.2, 0.25) is 0 Å². The number of nitrogens with one attached hydrogen (secondary N) is 1. The predicted molar refractivity (Wildman–Crippen MR) is 65.6 cm³/mol. The third-order valence-electron chi connectivity index (χ3n) is 3.47. The number of carbonyl (C=O) groups is 1. The van der Waals surface area contributed by atoms with Crippen LogP contribution in [0.4, 0.5) is 0 Å². The zero-order chi connectivity index (χ0) is 12.2. The van der Waals surface area contributed by atoms with Crippen LogP contribution in [-0.4, -0.2) is 18.0 Å². The first-order valence-corrected chi connectivity index (χ1v) is 5.96. The molecule has 1 aliphatic rings. The first-order chi connectivity index (χ1) is 7.46. The number of rotatable bonds is 3. The number of nitrogens with two attached hydrogens (primary N) is 1. The van der Waals surface area contributed by atoms with Crippen LogP contribution in [0, 0.1) is 17.8 Å². The molecule has 1 rings (SSSR count). The van der Waals surface area contributed by atoms with E-state index in [0.717, 1.165) is 25.7 Å². The summed E-state index contributed by atoms with van der Waals surface area (Å²) in [5.41, 5.74) is 4.82. The average Bonchev–Trinajstić information content (AvgIpc) is 2.29. The van der Waals surface area contributed by atoms with E-state index in [2.05, 4.69) is 11.2 Å². The Hall–Kier alpha value is -1.01. The van der Waals surface area contributed by atoms with Crippen molar-refractivity contribution in [3.63, 3.8) is 0 Å². The lowest BCUT2D eigenvalue weighted by atomic mass is 9.73. The van der Waals surface area contributed by atoms with Crippen molar-refractivity contribution >= 4 is 5.91 Å². The molecule has 0 bridgehead atoms. The van der Waals surface area contributed by atoms with Crippen molar-refractivity contribution in [3.8, 4) is 12.3 Å². The summed E-state index contributed by atoms with van der Waals surface area (Å²) in [5.74, 6) is 2.61. The summed E-state index contributed by atoms with van der Waals surface area (Å²) in [7, 11) is 0. The van der Waals surface area contributed by atoms with Crippen LogP contribution < -0.4 is 11.1 Å². The fraction of sp³-hybridized carbons (Fsp3) is 0.769. The van der Waals surface area contributed by atoms with Crippen molar-refractivity contribution in [1.29, 1.82) is 0 Å². The number of hydrogen-bond acceptors (Lipinski definition) is 2. The molecule has 0 radical (unpaired) electrons. The normalized spacial score (nSPS) is 19.9. The summed E-state index contributed by atoms with van der Waals surface area (Å²) in [6.45, 7) is 4.08. The van der Waals surface area contributed by atoms with Crippen molar-refractivity contribution < 1.29 is 4.79 Å². The molecule has 3 nitrogen and oxygen atoms in total. The van der Waals surface area contributed by atoms with Crippen LogP contribution in [0.15, 0.2) is 0 Å². The van der Waals surface area contributed by atoms with E-state index in [9.17, 15) is 4.79 Å². The minimum atomic E-state index is -0.587. The molecular weight excluding hydrogens is 200 g/mol. The fourth-order valence-corrected chi connectivity index (χ4v) is 2.20. The fourth-order valence-electron chi connectivity index (χ4n) is 2.20. The summed E-state index contributed by atoms with van der Waals surface area (Å²) in [4.78, 5) is 12.2. The molecule has 0 atom stereocenters. The zero-order valence-corrected chi connectivity index (χ0v) is 10.3. The highest BCUT2D eigenvalue weighted by Gasteiger charge is 2.39. The molecule has 90 valence electrons. The molecule has 0 heterocycles. The summed E-state index contributed by atoms with van der Waals surface area (Å²) in [6.07, 6.45) is 10.5. The number of terminal acetylenes is 1. The van der Waals surface area contributed by atoms with Gasteiger partial charge in [-0.1, -0.05) is 25.2 Å². The molecule has 1 aliphatic carbocycles. The van der Waals surface area contributed by atoms with Crippen molar-refractivity contribution in [1.82, 2.24) is 5.32 Å². The highest BCUT2D eigenvalue weighted by atomic mass is 16.2. The lowest BCUT2D eigenvalue weighted by Gasteiger charge is -2.36. The van der Waals surface area contributed by atoms with E-state index in [-0.39, 0.29) is 11.3 Å². The molecule has 0 aliphatic heterocycles. The standard InChI is InChI=1S/C13H22N2O/c1-4-12(2,3)15-11(16)13(10-14)8-6-5-7-9-13/h1H,5-10,14H2,2-3H3,(H,15,16). The first kappa shape index (κ1) is 13.1. The molecule has 3 N–H and O–H groups in total. The number of carbonyl (C=O) groups excluding carboxylic acids is 1. The minimum absolute atomic E-state index is 0.0256. The Morgan fingerprint density at radius 3 is 2.44 bits per heavy atom. The Balaban J connectivity index is 2.74. The van der Waals surface area contributed by atoms with Gasteiger partial charge >= 0.3 is 0 Å². The quantitative estimate of drug-likeness (QED) is 0.710. The summed E-state index contributed by atoms with van der Waals surface area (Å²) in [6, 6.07) is 0. The van der Waals surface area contributed by atoms with Crippen molar-refractivity contribution in [2.75, 3.05) is 6.54 Å². The average molecular weight is 222 g/mol. The van der Waals surface area contributed by atoms with Gasteiger partial charge in [0.25, 0.3) is 0 Å². The van der Waals surface area contributed by atoms with E-state index in [1.165, 1.54) is 6.42 Å². The third-order valence-corrected chi connectivity index (χ3v) is 3.47. The van der Waals surface area contributed by atoms with Gasteiger partial charge in [-0.05, 0) is 26.7 Å². The first-order valence-electron chi connectivity index (χ1n) is 5.96. The van der Waals surface area contributed by atoms with Crippen molar-refractivity contribution in [2.24, 2.45) is 11.1 Å². The Labute approximate surface area is 98.2 Å². The third kappa shape index (κ3) is 2.76. The summed E-state index contributed by atoms with van der Waals surface area (Å²) >= 11 is 0. The molecule has 1 fully saturated rings. The molecule has 1 amide bonds. The van der Waals surface area contributed by atoms with Crippen LogP contribution in [-0.2, 0) is 4.79 Å². The van der Waals surface area contributed by atoms with E-state index in [0.29, 0.717) is 6.54 Å². The van der Waals surface area contributed by atoms with E-state index in [1.807, 2.05) is 13.8 Å². The van der Waals surface area contributed by atoms with Crippen LogP contribution in [0.5, 0.6) is 0 Å². The van der Waals surface area contributed by atoms with Crippen LogP contribution >= 0.6 is 0 Å². The largest absolute Gasteiger partial charge is 0.340 e. The second-order valence-corrected chi connectivity index (χ2v) is 5.27. The molecule has 0 spiro atoms. The SMILES string of the molecule is C#CC(C)(C)NC(=O)C1(CN)CCCCC1. The van der Waals surface area contributed by atoms with Gasteiger partial charge in [0.05, 0.1) is 11.0 Å². The maximum atomic E-state index is 12.2. The maximum absolute atomic E-state index is 12.2. The monoisotopic (exact) mass is 222 g/mol. The highest BCUT2D eigenvalue weighted by Crippen LogP contribution is 2.35. The Morgan fingerprint density at radius 1 is 1.44 bits per heavy atom. The smallest absolute Gasteiger partial charge is 0.228 e. The van der Waals surface area contributed by atoms with Gasteiger partial charge < -0.3 is 11.1 Å². The van der Waals surface area contributed by atoms with Gasteiger partial charge in [-0.3, -0.25) is 4.79 Å². The van der Waals surface area contributed by atoms with E-state index >= 15 is 0 Å². The van der Waals surface area contributed by atoms with Crippen LogP contribution in [0.3, 0.4) is 0 Å². The molecule has 0 saturated heterocycles. The number of amides is 1. The molecular formula is C13H22N2O.